The van der Waals surface area contributed by atoms with Gasteiger partial charge in [0.15, 0.2) is 6.10 Å². The molecule has 0 aromatic carbocycles. The van der Waals surface area contributed by atoms with E-state index in [1.165, 1.54) is 13.8 Å². The van der Waals surface area contributed by atoms with Crippen molar-refractivity contribution in [3.8, 4) is 0 Å². The lowest BCUT2D eigenvalue weighted by Gasteiger charge is -2.16. The quantitative estimate of drug-likeness (QED) is 0.486. The Bertz CT molecular complexity index is 220. The highest BCUT2D eigenvalue weighted by atomic mass is 16.6. The second-order valence-corrected chi connectivity index (χ2v) is 2.75. The third-order valence-electron chi connectivity index (χ3n) is 1.30. The number of hydrogen-bond acceptors (Lipinski definition) is 4. The summed E-state index contributed by atoms with van der Waals surface area (Å²) in [6.07, 6.45) is -0.540. The SMILES string of the molecule is C=C(C)C(COC(C)=O)OC(C)=O. The summed E-state index contributed by atoms with van der Waals surface area (Å²) < 4.78 is 9.54. The lowest BCUT2D eigenvalue weighted by molar-refractivity contribution is -0.154. The van der Waals surface area contributed by atoms with Crippen molar-refractivity contribution in [1.29, 1.82) is 0 Å². The number of hydrogen-bond donors (Lipinski definition) is 0. The molecule has 0 saturated heterocycles. The molecule has 0 aliphatic carbocycles. The van der Waals surface area contributed by atoms with Crippen LogP contribution >= 0.6 is 0 Å². The van der Waals surface area contributed by atoms with Crippen molar-refractivity contribution >= 4 is 11.9 Å². The number of rotatable bonds is 4. The zero-order valence-corrected chi connectivity index (χ0v) is 8.12. The van der Waals surface area contributed by atoms with Crippen molar-refractivity contribution in [2.24, 2.45) is 0 Å². The Balaban J connectivity index is 4.02. The smallest absolute Gasteiger partial charge is 0.303 e. The van der Waals surface area contributed by atoms with Gasteiger partial charge in [0.05, 0.1) is 0 Å². The maximum Gasteiger partial charge on any atom is 0.303 e. The van der Waals surface area contributed by atoms with Crippen molar-refractivity contribution in [3.63, 3.8) is 0 Å². The first kappa shape index (κ1) is 11.7. The van der Waals surface area contributed by atoms with Gasteiger partial charge < -0.3 is 9.47 Å². The second-order valence-electron chi connectivity index (χ2n) is 2.75. The van der Waals surface area contributed by atoms with Gasteiger partial charge in [-0.1, -0.05) is 6.58 Å². The van der Waals surface area contributed by atoms with E-state index in [4.69, 9.17) is 4.74 Å². The molecule has 1 atom stereocenters. The van der Waals surface area contributed by atoms with Crippen LogP contribution in [0.2, 0.25) is 0 Å². The highest BCUT2D eigenvalue weighted by Crippen LogP contribution is 2.04. The fraction of sp³-hybridized carbons (Fsp3) is 0.556. The normalized spacial score (nSPS) is 11.6. The Kier molecular flexibility index (Phi) is 4.80. The van der Waals surface area contributed by atoms with E-state index in [1.807, 2.05) is 0 Å². The van der Waals surface area contributed by atoms with Gasteiger partial charge in [0, 0.05) is 13.8 Å². The molecule has 0 radical (unpaired) electrons. The molecule has 0 aromatic heterocycles. The topological polar surface area (TPSA) is 52.6 Å². The standard InChI is InChI=1S/C9H14O4/c1-6(2)9(13-8(4)11)5-12-7(3)10/h9H,1,5H2,2-4H3. The molecule has 0 heterocycles. The summed E-state index contributed by atoms with van der Waals surface area (Å²) in [5.41, 5.74) is 0.649. The van der Waals surface area contributed by atoms with Crippen LogP contribution in [0.4, 0.5) is 0 Å². The van der Waals surface area contributed by atoms with Crippen LogP contribution in [-0.4, -0.2) is 24.6 Å². The first-order valence-electron chi connectivity index (χ1n) is 3.89. The molecular formula is C9H14O4. The molecule has 0 bridgehead atoms. The third-order valence-corrected chi connectivity index (χ3v) is 1.30. The summed E-state index contributed by atoms with van der Waals surface area (Å²) in [5, 5.41) is 0. The fourth-order valence-corrected chi connectivity index (χ4v) is 0.670. The highest BCUT2D eigenvalue weighted by molar-refractivity contribution is 5.67. The minimum absolute atomic E-state index is 0.0320. The van der Waals surface area contributed by atoms with Crippen molar-refractivity contribution < 1.29 is 19.1 Å². The molecule has 1 unspecified atom stereocenters. The van der Waals surface area contributed by atoms with E-state index in [0.717, 1.165) is 0 Å². The van der Waals surface area contributed by atoms with Crippen LogP contribution in [0.3, 0.4) is 0 Å². The van der Waals surface area contributed by atoms with Gasteiger partial charge in [-0.3, -0.25) is 9.59 Å². The largest absolute Gasteiger partial charge is 0.462 e. The van der Waals surface area contributed by atoms with Gasteiger partial charge in [0.2, 0.25) is 0 Å². The molecule has 0 aliphatic rings. The van der Waals surface area contributed by atoms with Crippen LogP contribution in [0.1, 0.15) is 20.8 Å². The van der Waals surface area contributed by atoms with Gasteiger partial charge in [-0.15, -0.1) is 0 Å². The molecule has 0 spiro atoms. The van der Waals surface area contributed by atoms with Crippen LogP contribution in [0, 0.1) is 0 Å². The average Bonchev–Trinajstić information content (AvgIpc) is 1.96. The lowest BCUT2D eigenvalue weighted by Crippen LogP contribution is -2.24. The van der Waals surface area contributed by atoms with Crippen LogP contribution in [0.25, 0.3) is 0 Å². The van der Waals surface area contributed by atoms with E-state index in [9.17, 15) is 9.59 Å². The number of ether oxygens (including phenoxy) is 2. The average molecular weight is 186 g/mol. The Morgan fingerprint density at radius 2 is 1.77 bits per heavy atom. The van der Waals surface area contributed by atoms with E-state index in [0.29, 0.717) is 5.57 Å². The summed E-state index contributed by atoms with van der Waals surface area (Å²) in [6, 6.07) is 0. The van der Waals surface area contributed by atoms with Gasteiger partial charge in [-0.05, 0) is 12.5 Å². The van der Waals surface area contributed by atoms with Gasteiger partial charge in [0.25, 0.3) is 0 Å². The van der Waals surface area contributed by atoms with E-state index < -0.39 is 18.0 Å². The van der Waals surface area contributed by atoms with Crippen LogP contribution < -0.4 is 0 Å². The predicted octanol–water partition coefficient (Wildman–Crippen LogP) is 1.06. The van der Waals surface area contributed by atoms with E-state index in [2.05, 4.69) is 11.3 Å². The predicted molar refractivity (Wildman–Crippen MR) is 47.0 cm³/mol. The number of esters is 2. The summed E-state index contributed by atoms with van der Waals surface area (Å²) in [7, 11) is 0. The summed E-state index contributed by atoms with van der Waals surface area (Å²) >= 11 is 0. The maximum atomic E-state index is 10.6. The maximum absolute atomic E-state index is 10.6. The summed E-state index contributed by atoms with van der Waals surface area (Å²) in [4.78, 5) is 21.1. The van der Waals surface area contributed by atoms with Crippen molar-refractivity contribution in [1.82, 2.24) is 0 Å². The summed E-state index contributed by atoms with van der Waals surface area (Å²) in [6.45, 7) is 7.95. The molecule has 4 nitrogen and oxygen atoms in total. The fourth-order valence-electron chi connectivity index (χ4n) is 0.670. The molecular weight excluding hydrogens is 172 g/mol. The molecule has 0 fully saturated rings. The van der Waals surface area contributed by atoms with Crippen molar-refractivity contribution in [2.45, 2.75) is 26.9 Å². The molecule has 0 N–H and O–H groups in total. The molecule has 74 valence electrons. The Morgan fingerprint density at radius 1 is 1.23 bits per heavy atom. The zero-order chi connectivity index (χ0) is 10.4. The van der Waals surface area contributed by atoms with Gasteiger partial charge in [0.1, 0.15) is 6.61 Å². The minimum Gasteiger partial charge on any atom is -0.462 e. The first-order chi connectivity index (χ1) is 5.93. The van der Waals surface area contributed by atoms with E-state index in [1.54, 1.807) is 6.92 Å². The summed E-state index contributed by atoms with van der Waals surface area (Å²) in [5.74, 6) is -0.821. The second kappa shape index (κ2) is 5.35. The van der Waals surface area contributed by atoms with Gasteiger partial charge >= 0.3 is 11.9 Å². The van der Waals surface area contributed by atoms with Crippen LogP contribution in [0.15, 0.2) is 12.2 Å². The number of carbonyl (C=O) groups is 2. The third kappa shape index (κ3) is 5.90. The van der Waals surface area contributed by atoms with E-state index in [-0.39, 0.29) is 6.61 Å². The highest BCUT2D eigenvalue weighted by Gasteiger charge is 2.13. The molecule has 0 rings (SSSR count). The number of carbonyl (C=O) groups excluding carboxylic acids is 2. The van der Waals surface area contributed by atoms with Crippen molar-refractivity contribution in [2.75, 3.05) is 6.61 Å². The molecule has 4 heteroatoms. The van der Waals surface area contributed by atoms with Crippen LogP contribution in [0.5, 0.6) is 0 Å². The van der Waals surface area contributed by atoms with Gasteiger partial charge in [-0.2, -0.15) is 0 Å². The molecule has 0 saturated carbocycles. The molecule has 0 amide bonds. The monoisotopic (exact) mass is 186 g/mol. The van der Waals surface area contributed by atoms with E-state index >= 15 is 0 Å². The first-order valence-corrected chi connectivity index (χ1v) is 3.89. The zero-order valence-electron chi connectivity index (χ0n) is 8.12. The molecule has 0 aromatic rings. The van der Waals surface area contributed by atoms with Crippen LogP contribution in [-0.2, 0) is 19.1 Å². The van der Waals surface area contributed by atoms with Gasteiger partial charge in [-0.25, -0.2) is 0 Å². The Labute approximate surface area is 77.5 Å². The lowest BCUT2D eigenvalue weighted by atomic mass is 10.2. The molecule has 13 heavy (non-hydrogen) atoms. The van der Waals surface area contributed by atoms with Crippen molar-refractivity contribution in [3.05, 3.63) is 12.2 Å². The molecule has 0 aliphatic heterocycles. The Morgan fingerprint density at radius 3 is 2.08 bits per heavy atom. The minimum atomic E-state index is -0.540. The Hall–Kier alpha value is -1.32.